The molecule has 0 fully saturated rings. The smallest absolute Gasteiger partial charge is 0.251 e. The fraction of sp³-hybridized carbons (Fsp3) is 0.333. The minimum Gasteiger partial charge on any atom is -0.493 e. The number of ether oxygens (including phenoxy) is 3. The predicted octanol–water partition coefficient (Wildman–Crippen LogP) is 5.88. The van der Waals surface area contributed by atoms with Gasteiger partial charge in [0, 0.05) is 12.1 Å². The number of carbonyl (C=O) groups excluding carboxylic acids is 1. The first-order valence-electron chi connectivity index (χ1n) is 12.6. The molecule has 0 saturated heterocycles. The van der Waals surface area contributed by atoms with E-state index < -0.39 is 0 Å². The van der Waals surface area contributed by atoms with Gasteiger partial charge in [-0.25, -0.2) is 4.98 Å². The first kappa shape index (κ1) is 26.1. The number of benzene rings is 3. The number of carbonyl (C=O) groups is 1. The number of imidazole rings is 1. The summed E-state index contributed by atoms with van der Waals surface area (Å²) in [6, 6.07) is 19.5. The van der Waals surface area contributed by atoms with Crippen LogP contribution in [0.4, 0.5) is 0 Å². The summed E-state index contributed by atoms with van der Waals surface area (Å²) in [6.45, 7) is 8.06. The number of fused-ring (bicyclic) bond motifs is 1. The lowest BCUT2D eigenvalue weighted by Gasteiger charge is -2.16. The zero-order valence-electron chi connectivity index (χ0n) is 22.2. The highest BCUT2D eigenvalue weighted by Crippen LogP contribution is 2.28. The van der Waals surface area contributed by atoms with E-state index in [0.29, 0.717) is 36.1 Å². The maximum atomic E-state index is 12.9. The molecular weight excluding hydrogens is 466 g/mol. The Labute approximate surface area is 218 Å². The maximum Gasteiger partial charge on any atom is 0.251 e. The lowest BCUT2D eigenvalue weighted by Crippen LogP contribution is -2.25. The summed E-state index contributed by atoms with van der Waals surface area (Å²) in [5.41, 5.74) is 4.84. The van der Waals surface area contributed by atoms with Crippen molar-refractivity contribution in [3.05, 3.63) is 83.2 Å². The number of aromatic nitrogens is 2. The van der Waals surface area contributed by atoms with Crippen molar-refractivity contribution in [1.82, 2.24) is 14.9 Å². The molecule has 1 heterocycles. The first-order valence-corrected chi connectivity index (χ1v) is 12.6. The second-order valence-electron chi connectivity index (χ2n) is 9.32. The third kappa shape index (κ3) is 6.05. The van der Waals surface area contributed by atoms with Gasteiger partial charge in [0.25, 0.3) is 5.91 Å². The molecule has 4 rings (SSSR count). The van der Waals surface area contributed by atoms with Gasteiger partial charge in [-0.05, 0) is 66.8 Å². The van der Waals surface area contributed by atoms with Crippen LogP contribution in [0.1, 0.15) is 53.5 Å². The molecule has 0 bridgehead atoms. The Kier molecular flexibility index (Phi) is 8.33. The molecule has 7 nitrogen and oxygen atoms in total. The highest BCUT2D eigenvalue weighted by molar-refractivity contribution is 5.94. The van der Waals surface area contributed by atoms with Gasteiger partial charge in [-0.1, -0.05) is 38.1 Å². The average molecular weight is 502 g/mol. The van der Waals surface area contributed by atoms with Gasteiger partial charge < -0.3 is 24.1 Å². The van der Waals surface area contributed by atoms with E-state index in [2.05, 4.69) is 54.9 Å². The summed E-state index contributed by atoms with van der Waals surface area (Å²) in [5, 5.41) is 3.00. The molecule has 0 unspecified atom stereocenters. The molecule has 0 aliphatic rings. The Hall–Kier alpha value is -4.00. The van der Waals surface area contributed by atoms with Crippen molar-refractivity contribution in [3.8, 4) is 17.2 Å². The van der Waals surface area contributed by atoms with Crippen LogP contribution in [0.5, 0.6) is 17.2 Å². The molecule has 4 aromatic rings. The zero-order chi connectivity index (χ0) is 26.4. The van der Waals surface area contributed by atoms with E-state index in [1.807, 2.05) is 18.2 Å². The van der Waals surface area contributed by atoms with Crippen LogP contribution in [0.25, 0.3) is 11.0 Å². The molecule has 0 radical (unpaired) electrons. The number of rotatable bonds is 11. The van der Waals surface area contributed by atoms with Crippen LogP contribution in [0, 0.1) is 6.92 Å². The SMILES string of the molecule is COc1ccc(C(=O)NCc2nc3ccccc3n2CCCOc2cc(C)ccc2C(C)C)cc1OC. The van der Waals surface area contributed by atoms with Gasteiger partial charge in [0.2, 0.25) is 0 Å². The molecule has 0 saturated carbocycles. The van der Waals surface area contributed by atoms with Gasteiger partial charge in [0.1, 0.15) is 11.6 Å². The van der Waals surface area contributed by atoms with Crippen LogP contribution in [0.3, 0.4) is 0 Å². The monoisotopic (exact) mass is 501 g/mol. The summed E-state index contributed by atoms with van der Waals surface area (Å²) >= 11 is 0. The molecule has 0 aliphatic carbocycles. The van der Waals surface area contributed by atoms with Gasteiger partial charge >= 0.3 is 0 Å². The largest absolute Gasteiger partial charge is 0.493 e. The van der Waals surface area contributed by atoms with E-state index in [0.717, 1.165) is 35.6 Å². The first-order chi connectivity index (χ1) is 17.9. The third-order valence-electron chi connectivity index (χ3n) is 6.36. The number of nitrogens with one attached hydrogen (secondary N) is 1. The van der Waals surface area contributed by atoms with Crippen LogP contribution >= 0.6 is 0 Å². The van der Waals surface area contributed by atoms with Gasteiger partial charge in [-0.3, -0.25) is 4.79 Å². The minimum atomic E-state index is -0.205. The Bertz CT molecular complexity index is 1380. The number of nitrogens with zero attached hydrogens (tertiary/aromatic N) is 2. The van der Waals surface area contributed by atoms with Crippen LogP contribution in [0.15, 0.2) is 60.7 Å². The normalized spacial score (nSPS) is 11.1. The second kappa shape index (κ2) is 11.8. The van der Waals surface area contributed by atoms with E-state index in [-0.39, 0.29) is 5.91 Å². The number of aryl methyl sites for hydroxylation is 2. The standard InChI is InChI=1S/C30H35N3O4/c1-20(2)23-13-11-21(3)17-27(23)37-16-8-15-33-25-10-7-6-9-24(25)32-29(33)19-31-30(34)22-12-14-26(35-4)28(18-22)36-5/h6-7,9-14,17-18,20H,8,15-16,19H2,1-5H3,(H,31,34). The fourth-order valence-corrected chi connectivity index (χ4v) is 4.40. The van der Waals surface area contributed by atoms with Crippen molar-refractivity contribution in [2.75, 3.05) is 20.8 Å². The minimum absolute atomic E-state index is 0.205. The summed E-state index contributed by atoms with van der Waals surface area (Å²) in [7, 11) is 3.12. The van der Waals surface area contributed by atoms with Gasteiger partial charge in [-0.15, -0.1) is 0 Å². The Balaban J connectivity index is 1.45. The Morgan fingerprint density at radius 1 is 0.973 bits per heavy atom. The highest BCUT2D eigenvalue weighted by Gasteiger charge is 2.15. The summed E-state index contributed by atoms with van der Waals surface area (Å²) in [6.07, 6.45) is 0.808. The molecule has 0 aliphatic heterocycles. The molecule has 0 spiro atoms. The summed E-state index contributed by atoms with van der Waals surface area (Å²) in [4.78, 5) is 17.7. The van der Waals surface area contributed by atoms with Crippen LogP contribution in [-0.4, -0.2) is 36.3 Å². The number of hydrogen-bond donors (Lipinski definition) is 1. The second-order valence-corrected chi connectivity index (χ2v) is 9.32. The fourth-order valence-electron chi connectivity index (χ4n) is 4.40. The predicted molar refractivity (Wildman–Crippen MR) is 146 cm³/mol. The van der Waals surface area contributed by atoms with E-state index in [9.17, 15) is 4.79 Å². The van der Waals surface area contributed by atoms with Crippen molar-refractivity contribution in [2.24, 2.45) is 0 Å². The van der Waals surface area contributed by atoms with Crippen molar-refractivity contribution < 1.29 is 19.0 Å². The van der Waals surface area contributed by atoms with Crippen molar-refractivity contribution >= 4 is 16.9 Å². The van der Waals surface area contributed by atoms with Gasteiger partial charge in [0.15, 0.2) is 11.5 Å². The number of para-hydroxylation sites is 2. The zero-order valence-corrected chi connectivity index (χ0v) is 22.2. The molecule has 1 amide bonds. The van der Waals surface area contributed by atoms with E-state index in [1.54, 1.807) is 32.4 Å². The molecule has 0 atom stereocenters. The lowest BCUT2D eigenvalue weighted by molar-refractivity contribution is 0.0949. The van der Waals surface area contributed by atoms with E-state index >= 15 is 0 Å². The van der Waals surface area contributed by atoms with E-state index in [1.165, 1.54) is 11.1 Å². The molecule has 1 aromatic heterocycles. The van der Waals surface area contributed by atoms with E-state index in [4.69, 9.17) is 19.2 Å². The van der Waals surface area contributed by atoms with Crippen molar-refractivity contribution in [3.63, 3.8) is 0 Å². The quantitative estimate of drug-likeness (QED) is 0.260. The van der Waals surface area contributed by atoms with Gasteiger partial charge in [0.05, 0.1) is 38.4 Å². The van der Waals surface area contributed by atoms with Crippen LogP contribution in [-0.2, 0) is 13.1 Å². The number of amides is 1. The molecule has 3 aromatic carbocycles. The highest BCUT2D eigenvalue weighted by atomic mass is 16.5. The van der Waals surface area contributed by atoms with Gasteiger partial charge in [-0.2, -0.15) is 0 Å². The molecule has 194 valence electrons. The maximum absolute atomic E-state index is 12.9. The lowest BCUT2D eigenvalue weighted by atomic mass is 10.0. The Morgan fingerprint density at radius 3 is 2.51 bits per heavy atom. The molecular formula is C30H35N3O4. The van der Waals surface area contributed by atoms with Crippen LogP contribution in [0.2, 0.25) is 0 Å². The molecule has 37 heavy (non-hydrogen) atoms. The number of methoxy groups -OCH3 is 2. The van der Waals surface area contributed by atoms with Crippen molar-refractivity contribution in [2.45, 2.75) is 46.2 Å². The summed E-state index contributed by atoms with van der Waals surface area (Å²) < 4.78 is 19.0. The molecule has 1 N–H and O–H groups in total. The average Bonchev–Trinajstić information content (AvgIpc) is 3.26. The Morgan fingerprint density at radius 2 is 1.76 bits per heavy atom. The number of hydrogen-bond acceptors (Lipinski definition) is 5. The van der Waals surface area contributed by atoms with Crippen molar-refractivity contribution in [1.29, 1.82) is 0 Å². The molecule has 7 heteroatoms. The van der Waals surface area contributed by atoms with Crippen LogP contribution < -0.4 is 19.5 Å². The summed E-state index contributed by atoms with van der Waals surface area (Å²) in [5.74, 6) is 3.03. The third-order valence-corrected chi connectivity index (χ3v) is 6.36. The topological polar surface area (TPSA) is 74.6 Å².